The monoisotopic (exact) mass is 254 g/mol. The van der Waals surface area contributed by atoms with E-state index in [2.05, 4.69) is 12.2 Å². The second-order valence-corrected chi connectivity index (χ2v) is 5.75. The van der Waals surface area contributed by atoms with E-state index in [1.165, 1.54) is 19.3 Å². The first-order valence-corrected chi connectivity index (χ1v) is 7.42. The summed E-state index contributed by atoms with van der Waals surface area (Å²) in [6, 6.07) is 0.420. The van der Waals surface area contributed by atoms with Crippen LogP contribution in [0.3, 0.4) is 0 Å². The van der Waals surface area contributed by atoms with E-state index in [0.29, 0.717) is 6.04 Å². The highest BCUT2D eigenvalue weighted by Gasteiger charge is 2.30. The van der Waals surface area contributed by atoms with Crippen LogP contribution in [-0.4, -0.2) is 41.3 Å². The van der Waals surface area contributed by atoms with Gasteiger partial charge in [0, 0.05) is 12.6 Å². The van der Waals surface area contributed by atoms with Crippen molar-refractivity contribution in [3.8, 4) is 0 Å². The second-order valence-electron chi connectivity index (χ2n) is 5.75. The summed E-state index contributed by atoms with van der Waals surface area (Å²) in [5, 5.41) is 12.4. The van der Waals surface area contributed by atoms with E-state index in [4.69, 9.17) is 0 Å². The summed E-state index contributed by atoms with van der Waals surface area (Å²) in [4.78, 5) is 13.9. The number of nitrogens with zero attached hydrogens (tertiary/aromatic N) is 1. The van der Waals surface area contributed by atoms with E-state index in [0.717, 1.165) is 38.1 Å². The molecule has 1 aliphatic heterocycles. The summed E-state index contributed by atoms with van der Waals surface area (Å²) < 4.78 is 0. The van der Waals surface area contributed by atoms with Gasteiger partial charge in [0.25, 0.3) is 0 Å². The molecule has 1 saturated heterocycles. The van der Waals surface area contributed by atoms with Crippen molar-refractivity contribution in [1.29, 1.82) is 0 Å². The zero-order valence-electron chi connectivity index (χ0n) is 11.4. The fourth-order valence-corrected chi connectivity index (χ4v) is 3.27. The number of likely N-dealkylation sites (tertiary alicyclic amines) is 1. The number of urea groups is 1. The van der Waals surface area contributed by atoms with E-state index >= 15 is 0 Å². The van der Waals surface area contributed by atoms with Gasteiger partial charge >= 0.3 is 6.03 Å². The molecule has 18 heavy (non-hydrogen) atoms. The summed E-state index contributed by atoms with van der Waals surface area (Å²) in [6.45, 7) is 3.14. The van der Waals surface area contributed by atoms with E-state index in [1.54, 1.807) is 0 Å². The summed E-state index contributed by atoms with van der Waals surface area (Å²) in [6.07, 6.45) is 7.92. The molecule has 4 nitrogen and oxygen atoms in total. The zero-order valence-corrected chi connectivity index (χ0v) is 11.4. The Morgan fingerprint density at radius 3 is 2.61 bits per heavy atom. The van der Waals surface area contributed by atoms with Gasteiger partial charge in [0.2, 0.25) is 0 Å². The summed E-state index contributed by atoms with van der Waals surface area (Å²) in [5.74, 6) is 0.857. The molecular weight excluding hydrogens is 228 g/mol. The van der Waals surface area contributed by atoms with Gasteiger partial charge in [0.1, 0.15) is 0 Å². The van der Waals surface area contributed by atoms with Gasteiger partial charge in [-0.15, -0.1) is 0 Å². The van der Waals surface area contributed by atoms with Crippen LogP contribution in [0.1, 0.15) is 51.9 Å². The molecule has 2 N–H and O–H groups in total. The van der Waals surface area contributed by atoms with E-state index in [9.17, 15) is 9.90 Å². The van der Waals surface area contributed by atoms with E-state index < -0.39 is 0 Å². The fourth-order valence-electron chi connectivity index (χ4n) is 3.27. The third-order valence-electron chi connectivity index (χ3n) is 4.60. The van der Waals surface area contributed by atoms with Crippen molar-refractivity contribution < 1.29 is 9.90 Å². The van der Waals surface area contributed by atoms with Gasteiger partial charge in [-0.25, -0.2) is 4.79 Å². The topological polar surface area (TPSA) is 52.6 Å². The van der Waals surface area contributed by atoms with Gasteiger partial charge in [-0.2, -0.15) is 0 Å². The highest BCUT2D eigenvalue weighted by Crippen LogP contribution is 2.27. The molecule has 2 amide bonds. The lowest BCUT2D eigenvalue weighted by Crippen LogP contribution is -2.48. The molecule has 0 spiro atoms. The third kappa shape index (κ3) is 3.16. The largest absolute Gasteiger partial charge is 0.394 e. The van der Waals surface area contributed by atoms with Gasteiger partial charge in [-0.05, 0) is 44.4 Å². The minimum atomic E-state index is 0.0338. The minimum absolute atomic E-state index is 0.0338. The van der Waals surface area contributed by atoms with Crippen LogP contribution in [0.4, 0.5) is 4.79 Å². The van der Waals surface area contributed by atoms with Crippen LogP contribution in [0.5, 0.6) is 0 Å². The van der Waals surface area contributed by atoms with Gasteiger partial charge in [-0.1, -0.05) is 13.3 Å². The van der Waals surface area contributed by atoms with Crippen LogP contribution in [0, 0.1) is 5.92 Å². The number of rotatable bonds is 3. The molecule has 104 valence electrons. The van der Waals surface area contributed by atoms with E-state index in [-0.39, 0.29) is 18.7 Å². The molecule has 0 unspecified atom stereocenters. The van der Waals surface area contributed by atoms with Crippen molar-refractivity contribution >= 4 is 6.03 Å². The smallest absolute Gasteiger partial charge is 0.317 e. The van der Waals surface area contributed by atoms with Crippen LogP contribution in [0.2, 0.25) is 0 Å². The Labute approximate surface area is 110 Å². The number of hydrogen-bond donors (Lipinski definition) is 2. The van der Waals surface area contributed by atoms with Crippen LogP contribution in [0.25, 0.3) is 0 Å². The Bertz CT molecular complexity index is 275. The molecule has 1 aliphatic carbocycles. The van der Waals surface area contributed by atoms with Crippen molar-refractivity contribution in [2.24, 2.45) is 5.92 Å². The standard InChI is InChI=1S/C14H26N2O2/c1-2-11-5-7-12(8-6-11)15-14(18)16-9-3-4-13(16)10-17/h11-13,17H,2-10H2,1H3,(H,15,18)/t11?,12?,13-/m0/s1. The molecule has 1 atom stereocenters. The normalized spacial score (nSPS) is 32.6. The molecular formula is C14H26N2O2. The average Bonchev–Trinajstić information content (AvgIpc) is 2.88. The molecule has 0 radical (unpaired) electrons. The highest BCUT2D eigenvalue weighted by molar-refractivity contribution is 5.75. The Hall–Kier alpha value is -0.770. The van der Waals surface area contributed by atoms with Crippen LogP contribution in [-0.2, 0) is 0 Å². The third-order valence-corrected chi connectivity index (χ3v) is 4.60. The quantitative estimate of drug-likeness (QED) is 0.810. The number of amides is 2. The second kappa shape index (κ2) is 6.41. The maximum atomic E-state index is 12.1. The highest BCUT2D eigenvalue weighted by atomic mass is 16.3. The molecule has 1 heterocycles. The average molecular weight is 254 g/mol. The number of aliphatic hydroxyl groups is 1. The molecule has 2 fully saturated rings. The molecule has 2 rings (SSSR count). The first-order valence-electron chi connectivity index (χ1n) is 7.42. The molecule has 0 aromatic carbocycles. The SMILES string of the molecule is CCC1CCC(NC(=O)N2CCC[C@H]2CO)CC1. The van der Waals surface area contributed by atoms with Crippen molar-refractivity contribution in [3.63, 3.8) is 0 Å². The lowest BCUT2D eigenvalue weighted by atomic mass is 9.84. The maximum Gasteiger partial charge on any atom is 0.317 e. The van der Waals surface area contributed by atoms with E-state index in [1.807, 2.05) is 4.90 Å². The molecule has 1 saturated carbocycles. The number of nitrogens with one attached hydrogen (secondary N) is 1. The van der Waals surface area contributed by atoms with Gasteiger partial charge in [-0.3, -0.25) is 0 Å². The fraction of sp³-hybridized carbons (Fsp3) is 0.929. The summed E-state index contributed by atoms with van der Waals surface area (Å²) >= 11 is 0. The Morgan fingerprint density at radius 1 is 1.28 bits per heavy atom. The van der Waals surface area contributed by atoms with Gasteiger partial charge < -0.3 is 15.3 Å². The molecule has 2 aliphatic rings. The van der Waals surface area contributed by atoms with Crippen molar-refractivity contribution in [1.82, 2.24) is 10.2 Å². The number of carbonyl (C=O) groups excluding carboxylic acids is 1. The molecule has 0 aromatic heterocycles. The number of aliphatic hydroxyl groups excluding tert-OH is 1. The Balaban J connectivity index is 1.77. The Kier molecular flexibility index (Phi) is 4.87. The van der Waals surface area contributed by atoms with Crippen molar-refractivity contribution in [2.75, 3.05) is 13.2 Å². The summed E-state index contributed by atoms with van der Waals surface area (Å²) in [5.41, 5.74) is 0. The predicted octanol–water partition coefficient (Wildman–Crippen LogP) is 2.12. The first-order chi connectivity index (χ1) is 8.74. The zero-order chi connectivity index (χ0) is 13.0. The minimum Gasteiger partial charge on any atom is -0.394 e. The van der Waals surface area contributed by atoms with Gasteiger partial charge in [0.05, 0.1) is 12.6 Å². The van der Waals surface area contributed by atoms with Crippen LogP contribution < -0.4 is 5.32 Å². The van der Waals surface area contributed by atoms with Crippen LogP contribution in [0.15, 0.2) is 0 Å². The number of carbonyl (C=O) groups is 1. The molecule has 4 heteroatoms. The van der Waals surface area contributed by atoms with Crippen molar-refractivity contribution in [3.05, 3.63) is 0 Å². The Morgan fingerprint density at radius 2 is 2.00 bits per heavy atom. The number of hydrogen-bond acceptors (Lipinski definition) is 2. The first kappa shape index (κ1) is 13.7. The van der Waals surface area contributed by atoms with Gasteiger partial charge in [0.15, 0.2) is 0 Å². The summed E-state index contributed by atoms with van der Waals surface area (Å²) in [7, 11) is 0. The lowest BCUT2D eigenvalue weighted by molar-refractivity contribution is 0.151. The maximum absolute atomic E-state index is 12.1. The predicted molar refractivity (Wildman–Crippen MR) is 71.4 cm³/mol. The van der Waals surface area contributed by atoms with Crippen LogP contribution >= 0.6 is 0 Å². The molecule has 0 aromatic rings. The lowest BCUT2D eigenvalue weighted by Gasteiger charge is -2.31. The molecule has 0 bridgehead atoms. The van der Waals surface area contributed by atoms with Crippen molar-refractivity contribution in [2.45, 2.75) is 64.0 Å².